The number of carboxylic acid groups (broad SMARTS) is 1. The number of hydrogen-bond acceptors (Lipinski definition) is 3. The van der Waals surface area contributed by atoms with Crippen molar-refractivity contribution in [1.82, 2.24) is 4.98 Å². The molecule has 15 heavy (non-hydrogen) atoms. The van der Waals surface area contributed by atoms with E-state index in [0.29, 0.717) is 5.75 Å². The van der Waals surface area contributed by atoms with Crippen LogP contribution in [0.25, 0.3) is 0 Å². The van der Waals surface area contributed by atoms with Crippen molar-refractivity contribution in [1.29, 1.82) is 0 Å². The molecular weight excluding hydrogens is 346 g/mol. The van der Waals surface area contributed by atoms with Crippen LogP contribution in [0.4, 0.5) is 0 Å². The minimum Gasteiger partial charge on any atom is -0.481 e. The molecule has 0 aliphatic rings. The van der Waals surface area contributed by atoms with Gasteiger partial charge in [0.1, 0.15) is 5.03 Å². The highest BCUT2D eigenvalue weighted by Crippen LogP contribution is 2.28. The molecule has 0 amide bonds. The third-order valence-corrected chi connectivity index (χ3v) is 4.23. The lowest BCUT2D eigenvalue weighted by atomic mass is 10.2. The van der Waals surface area contributed by atoms with Gasteiger partial charge in [-0.2, -0.15) is 0 Å². The number of carbonyl (C=O) groups is 1. The Bertz CT molecular complexity index is 373. The number of hydrogen-bond donors (Lipinski definition) is 1. The van der Waals surface area contributed by atoms with Gasteiger partial charge in [0.2, 0.25) is 0 Å². The largest absolute Gasteiger partial charge is 0.481 e. The number of aliphatic carboxylic acids is 1. The van der Waals surface area contributed by atoms with Gasteiger partial charge >= 0.3 is 5.97 Å². The van der Waals surface area contributed by atoms with E-state index in [0.717, 1.165) is 14.0 Å². The quantitative estimate of drug-likeness (QED) is 0.841. The summed E-state index contributed by atoms with van der Waals surface area (Å²) in [5, 5.41) is 9.53. The SMILES string of the molecule is CC(CSc1ncc(Br)cc1Br)C(=O)O. The average Bonchev–Trinajstić information content (AvgIpc) is 2.15. The van der Waals surface area contributed by atoms with E-state index >= 15 is 0 Å². The van der Waals surface area contributed by atoms with E-state index in [1.54, 1.807) is 13.1 Å². The van der Waals surface area contributed by atoms with E-state index in [1.807, 2.05) is 6.07 Å². The minimum absolute atomic E-state index is 0.368. The fraction of sp³-hybridized carbons (Fsp3) is 0.333. The molecule has 1 N–H and O–H groups in total. The number of rotatable bonds is 4. The molecule has 0 aliphatic heterocycles. The smallest absolute Gasteiger partial charge is 0.307 e. The normalized spacial score (nSPS) is 12.5. The van der Waals surface area contributed by atoms with Gasteiger partial charge in [-0.15, -0.1) is 11.8 Å². The fourth-order valence-corrected chi connectivity index (χ4v) is 2.99. The molecule has 0 saturated carbocycles. The number of halogens is 2. The molecule has 0 aromatic carbocycles. The molecule has 1 rings (SSSR count). The number of carboxylic acids is 1. The maximum absolute atomic E-state index is 10.6. The maximum atomic E-state index is 10.6. The van der Waals surface area contributed by atoms with Crippen molar-refractivity contribution in [3.63, 3.8) is 0 Å². The number of pyridine rings is 1. The summed E-state index contributed by atoms with van der Waals surface area (Å²) < 4.78 is 1.77. The van der Waals surface area contributed by atoms with Gasteiger partial charge in [-0.3, -0.25) is 4.79 Å². The lowest BCUT2D eigenvalue weighted by Crippen LogP contribution is -2.11. The lowest BCUT2D eigenvalue weighted by Gasteiger charge is -2.06. The van der Waals surface area contributed by atoms with E-state index in [-0.39, 0.29) is 5.92 Å². The Hall–Kier alpha value is -0.0700. The molecule has 0 bridgehead atoms. The van der Waals surface area contributed by atoms with Crippen LogP contribution in [0.1, 0.15) is 6.92 Å². The Morgan fingerprint density at radius 2 is 2.33 bits per heavy atom. The average molecular weight is 355 g/mol. The topological polar surface area (TPSA) is 50.2 Å². The highest BCUT2D eigenvalue weighted by Gasteiger charge is 2.12. The standard InChI is InChI=1S/C9H9Br2NO2S/c1-5(9(13)14)4-15-8-7(11)2-6(10)3-12-8/h2-3,5H,4H2,1H3,(H,13,14). The first-order valence-corrected chi connectivity index (χ1v) is 6.74. The minimum atomic E-state index is -0.782. The molecule has 1 aromatic rings. The Balaban J connectivity index is 2.62. The molecule has 82 valence electrons. The van der Waals surface area contributed by atoms with Gasteiger partial charge in [0.15, 0.2) is 0 Å². The first-order chi connectivity index (χ1) is 7.00. The fourth-order valence-electron chi connectivity index (χ4n) is 0.783. The van der Waals surface area contributed by atoms with Crippen molar-refractivity contribution < 1.29 is 9.90 Å². The molecule has 1 aromatic heterocycles. The van der Waals surface area contributed by atoms with Crippen LogP contribution in [0.2, 0.25) is 0 Å². The van der Waals surface area contributed by atoms with Crippen LogP contribution in [0.3, 0.4) is 0 Å². The zero-order valence-electron chi connectivity index (χ0n) is 7.91. The summed E-state index contributed by atoms with van der Waals surface area (Å²) in [5.74, 6) is -0.633. The molecule has 0 spiro atoms. The summed E-state index contributed by atoms with van der Waals surface area (Å²) in [5.41, 5.74) is 0. The highest BCUT2D eigenvalue weighted by atomic mass is 79.9. The van der Waals surface area contributed by atoms with Gasteiger partial charge in [-0.05, 0) is 37.9 Å². The van der Waals surface area contributed by atoms with Gasteiger partial charge in [0.05, 0.1) is 10.4 Å². The molecule has 0 saturated heterocycles. The number of nitrogens with zero attached hydrogens (tertiary/aromatic N) is 1. The maximum Gasteiger partial charge on any atom is 0.307 e. The van der Waals surface area contributed by atoms with E-state index in [9.17, 15) is 4.79 Å². The Labute approximate surface area is 109 Å². The van der Waals surface area contributed by atoms with Crippen LogP contribution < -0.4 is 0 Å². The van der Waals surface area contributed by atoms with Crippen molar-refractivity contribution in [3.05, 3.63) is 21.2 Å². The summed E-state index contributed by atoms with van der Waals surface area (Å²) in [6, 6.07) is 1.89. The number of aromatic nitrogens is 1. The van der Waals surface area contributed by atoms with Crippen molar-refractivity contribution in [2.24, 2.45) is 5.92 Å². The molecule has 0 aliphatic carbocycles. The summed E-state index contributed by atoms with van der Waals surface area (Å²) >= 11 is 8.11. The van der Waals surface area contributed by atoms with E-state index < -0.39 is 5.97 Å². The third-order valence-electron chi connectivity index (χ3n) is 1.67. The van der Waals surface area contributed by atoms with Gasteiger partial charge in [0.25, 0.3) is 0 Å². The van der Waals surface area contributed by atoms with E-state index in [1.165, 1.54) is 11.8 Å². The molecule has 6 heteroatoms. The lowest BCUT2D eigenvalue weighted by molar-refractivity contribution is -0.140. The van der Waals surface area contributed by atoms with Crippen LogP contribution in [0.15, 0.2) is 26.2 Å². The van der Waals surface area contributed by atoms with Crippen LogP contribution in [-0.2, 0) is 4.79 Å². The van der Waals surface area contributed by atoms with Gasteiger partial charge in [0, 0.05) is 16.4 Å². The second-order valence-electron chi connectivity index (χ2n) is 2.99. The van der Waals surface area contributed by atoms with Gasteiger partial charge in [-0.1, -0.05) is 6.92 Å². The summed E-state index contributed by atoms with van der Waals surface area (Å²) in [4.78, 5) is 14.8. The van der Waals surface area contributed by atoms with Crippen molar-refractivity contribution in [3.8, 4) is 0 Å². The second-order valence-corrected chi connectivity index (χ2v) is 5.77. The summed E-state index contributed by atoms with van der Waals surface area (Å²) in [6.45, 7) is 1.68. The van der Waals surface area contributed by atoms with Crippen molar-refractivity contribution >= 4 is 49.6 Å². The predicted octanol–water partition coefficient (Wildman–Crippen LogP) is 3.42. The summed E-state index contributed by atoms with van der Waals surface area (Å²) in [6.07, 6.45) is 1.69. The Morgan fingerprint density at radius 1 is 1.67 bits per heavy atom. The van der Waals surface area contributed by atoms with E-state index in [2.05, 4.69) is 36.8 Å². The Morgan fingerprint density at radius 3 is 2.87 bits per heavy atom. The molecule has 1 heterocycles. The van der Waals surface area contributed by atoms with Gasteiger partial charge in [-0.25, -0.2) is 4.98 Å². The zero-order valence-corrected chi connectivity index (χ0v) is 11.9. The van der Waals surface area contributed by atoms with Crippen LogP contribution in [0, 0.1) is 5.92 Å². The van der Waals surface area contributed by atoms with Crippen LogP contribution in [0.5, 0.6) is 0 Å². The second kappa shape index (κ2) is 5.86. The van der Waals surface area contributed by atoms with Crippen molar-refractivity contribution in [2.45, 2.75) is 11.9 Å². The molecule has 1 atom stereocenters. The van der Waals surface area contributed by atoms with Crippen molar-refractivity contribution in [2.75, 3.05) is 5.75 Å². The zero-order chi connectivity index (χ0) is 11.4. The molecular formula is C9H9Br2NO2S. The van der Waals surface area contributed by atoms with Crippen LogP contribution in [-0.4, -0.2) is 21.8 Å². The highest BCUT2D eigenvalue weighted by molar-refractivity contribution is 9.11. The van der Waals surface area contributed by atoms with Crippen LogP contribution >= 0.6 is 43.6 Å². The van der Waals surface area contributed by atoms with E-state index in [4.69, 9.17) is 5.11 Å². The molecule has 1 unspecified atom stereocenters. The monoisotopic (exact) mass is 353 g/mol. The molecule has 3 nitrogen and oxygen atoms in total. The Kier molecular flexibility index (Phi) is 5.08. The third kappa shape index (κ3) is 4.12. The first kappa shape index (κ1) is 13.0. The molecule has 0 radical (unpaired) electrons. The number of thioether (sulfide) groups is 1. The molecule has 0 fully saturated rings. The van der Waals surface area contributed by atoms with Gasteiger partial charge < -0.3 is 5.11 Å². The predicted molar refractivity (Wildman–Crippen MR) is 67.2 cm³/mol. The first-order valence-electron chi connectivity index (χ1n) is 4.17. The summed E-state index contributed by atoms with van der Waals surface area (Å²) in [7, 11) is 0.